The Bertz CT molecular complexity index is 964. The molecule has 0 radical (unpaired) electrons. The Morgan fingerprint density at radius 2 is 1.93 bits per heavy atom. The molecule has 1 atom stereocenters. The van der Waals surface area contributed by atoms with Gasteiger partial charge in [0.1, 0.15) is 11.7 Å². The number of carbonyl (C=O) groups is 3. The van der Waals surface area contributed by atoms with E-state index >= 15 is 0 Å². The van der Waals surface area contributed by atoms with Crippen LogP contribution in [-0.2, 0) is 9.59 Å². The van der Waals surface area contributed by atoms with Gasteiger partial charge in [-0.25, -0.2) is 4.79 Å². The van der Waals surface area contributed by atoms with E-state index in [-0.39, 0.29) is 30.6 Å². The molecule has 0 saturated carbocycles. The summed E-state index contributed by atoms with van der Waals surface area (Å²) in [6.45, 7) is 3.80. The highest BCUT2D eigenvalue weighted by Gasteiger charge is 2.24. The molecule has 1 aromatic carbocycles. The van der Waals surface area contributed by atoms with Gasteiger partial charge < -0.3 is 29.6 Å². The fourth-order valence-corrected chi connectivity index (χ4v) is 2.85. The monoisotopic (exact) mass is 414 g/mol. The van der Waals surface area contributed by atoms with E-state index in [4.69, 9.17) is 13.9 Å². The van der Waals surface area contributed by atoms with E-state index in [2.05, 4.69) is 10.6 Å². The first-order valence-corrected chi connectivity index (χ1v) is 9.33. The van der Waals surface area contributed by atoms with Crippen molar-refractivity contribution in [1.82, 2.24) is 10.6 Å². The van der Waals surface area contributed by atoms with Crippen molar-refractivity contribution < 1.29 is 33.4 Å². The lowest BCUT2D eigenvalue weighted by molar-refractivity contribution is -0.141. The molecule has 1 aromatic heterocycles. The van der Waals surface area contributed by atoms with Gasteiger partial charge in [-0.05, 0) is 48.2 Å². The molecule has 0 bridgehead atoms. The fourth-order valence-electron chi connectivity index (χ4n) is 2.85. The molecule has 2 aromatic rings. The summed E-state index contributed by atoms with van der Waals surface area (Å²) in [5.41, 5.74) is 0.421. The third-order valence-electron chi connectivity index (χ3n) is 4.26. The fraction of sp³-hybridized carbons (Fsp3) is 0.286. The number of carboxylic acids is 1. The molecule has 2 amide bonds. The number of hydrogen-bond donors (Lipinski definition) is 3. The number of carbonyl (C=O) groups excluding carboxylic acids is 2. The summed E-state index contributed by atoms with van der Waals surface area (Å²) < 4.78 is 15.7. The van der Waals surface area contributed by atoms with Crippen molar-refractivity contribution >= 4 is 23.9 Å². The van der Waals surface area contributed by atoms with Crippen LogP contribution in [-0.4, -0.2) is 35.7 Å². The Balaban J connectivity index is 1.87. The molecule has 0 aliphatic carbocycles. The smallest absolute Gasteiger partial charge is 0.326 e. The van der Waals surface area contributed by atoms with Crippen molar-refractivity contribution in [3.63, 3.8) is 0 Å². The third kappa shape index (κ3) is 5.19. The predicted octanol–water partition coefficient (Wildman–Crippen LogP) is 2.39. The van der Waals surface area contributed by atoms with Crippen LogP contribution < -0.4 is 20.1 Å². The van der Waals surface area contributed by atoms with Crippen molar-refractivity contribution in [2.45, 2.75) is 26.3 Å². The summed E-state index contributed by atoms with van der Waals surface area (Å²) >= 11 is 0. The lowest BCUT2D eigenvalue weighted by Crippen LogP contribution is -2.44. The summed E-state index contributed by atoms with van der Waals surface area (Å²) in [6, 6.07) is 6.90. The van der Waals surface area contributed by atoms with Gasteiger partial charge in [-0.15, -0.1) is 0 Å². The minimum Gasteiger partial charge on any atom is -0.480 e. The number of benzene rings is 1. The molecule has 3 N–H and O–H groups in total. The number of furan rings is 1. The minimum atomic E-state index is -1.16. The second-order valence-corrected chi connectivity index (χ2v) is 7.10. The zero-order valence-electron chi connectivity index (χ0n) is 16.5. The van der Waals surface area contributed by atoms with Gasteiger partial charge in [-0.3, -0.25) is 9.59 Å². The molecule has 3 rings (SSSR count). The molecule has 2 heterocycles. The standard InChI is InChI=1S/C21H22N2O7/c1-12(2)8-15(21(26)27)23-19(24)14(22-20(25)17-4-3-7-28-17)9-13-5-6-16-18(10-13)30-11-29-16/h3-7,9-10,12,15H,8,11H2,1-2H3,(H,22,25)(H,23,24)(H,26,27)/b14-9+/t15-/m0/s1. The summed E-state index contributed by atoms with van der Waals surface area (Å²) in [4.78, 5) is 36.8. The van der Waals surface area contributed by atoms with E-state index in [0.717, 1.165) is 0 Å². The number of rotatable bonds is 8. The zero-order chi connectivity index (χ0) is 21.7. The van der Waals surface area contributed by atoms with Gasteiger partial charge in [0.2, 0.25) is 6.79 Å². The molecule has 0 unspecified atom stereocenters. The number of hydrogen-bond acceptors (Lipinski definition) is 6. The number of carboxylic acid groups (broad SMARTS) is 1. The maximum Gasteiger partial charge on any atom is 0.326 e. The highest BCUT2D eigenvalue weighted by molar-refractivity contribution is 6.05. The molecule has 30 heavy (non-hydrogen) atoms. The molecule has 0 saturated heterocycles. The lowest BCUT2D eigenvalue weighted by Gasteiger charge is -2.18. The first-order chi connectivity index (χ1) is 14.3. The summed E-state index contributed by atoms with van der Waals surface area (Å²) in [5.74, 6) is -1.40. The Morgan fingerprint density at radius 3 is 2.60 bits per heavy atom. The molecular formula is C21H22N2O7. The summed E-state index contributed by atoms with van der Waals surface area (Å²) in [7, 11) is 0. The average molecular weight is 414 g/mol. The van der Waals surface area contributed by atoms with Gasteiger partial charge in [0.05, 0.1) is 6.26 Å². The second kappa shape index (κ2) is 9.17. The number of amides is 2. The van der Waals surface area contributed by atoms with E-state index in [0.29, 0.717) is 17.1 Å². The third-order valence-corrected chi connectivity index (χ3v) is 4.26. The van der Waals surface area contributed by atoms with E-state index < -0.39 is 23.8 Å². The molecule has 1 aliphatic rings. The van der Waals surface area contributed by atoms with Crippen molar-refractivity contribution in [1.29, 1.82) is 0 Å². The van der Waals surface area contributed by atoms with Crippen LogP contribution in [0.1, 0.15) is 36.4 Å². The predicted molar refractivity (Wildman–Crippen MR) is 106 cm³/mol. The molecule has 158 valence electrons. The number of nitrogens with one attached hydrogen (secondary N) is 2. The number of ether oxygens (including phenoxy) is 2. The van der Waals surface area contributed by atoms with Crippen LogP contribution >= 0.6 is 0 Å². The SMILES string of the molecule is CC(C)C[C@H](NC(=O)/C(=C\c1ccc2c(c1)OCO2)NC(=O)c1ccco1)C(=O)O. The van der Waals surface area contributed by atoms with Crippen molar-refractivity contribution in [3.05, 3.63) is 53.6 Å². The zero-order valence-corrected chi connectivity index (χ0v) is 16.5. The second-order valence-electron chi connectivity index (χ2n) is 7.10. The van der Waals surface area contributed by atoms with Crippen molar-refractivity contribution in [2.24, 2.45) is 5.92 Å². The molecule has 9 heteroatoms. The van der Waals surface area contributed by atoms with Crippen molar-refractivity contribution in [3.8, 4) is 11.5 Å². The van der Waals surface area contributed by atoms with Crippen LogP contribution in [0.25, 0.3) is 6.08 Å². The normalized spacial score (nSPS) is 13.8. The molecule has 9 nitrogen and oxygen atoms in total. The van der Waals surface area contributed by atoms with Gasteiger partial charge in [-0.1, -0.05) is 19.9 Å². The summed E-state index contributed by atoms with van der Waals surface area (Å²) in [5, 5.41) is 14.4. The Kier molecular flexibility index (Phi) is 6.41. The van der Waals surface area contributed by atoms with Crippen LogP contribution in [0, 0.1) is 5.92 Å². The highest BCUT2D eigenvalue weighted by Crippen LogP contribution is 2.33. The average Bonchev–Trinajstić information content (AvgIpc) is 3.37. The molecular weight excluding hydrogens is 392 g/mol. The van der Waals surface area contributed by atoms with Crippen molar-refractivity contribution in [2.75, 3.05) is 6.79 Å². The first kappa shape index (κ1) is 21.0. The highest BCUT2D eigenvalue weighted by atomic mass is 16.7. The van der Waals surface area contributed by atoms with Gasteiger partial charge in [-0.2, -0.15) is 0 Å². The number of fused-ring (bicyclic) bond motifs is 1. The number of aliphatic carboxylic acids is 1. The maximum absolute atomic E-state index is 12.8. The molecule has 0 fully saturated rings. The van der Waals surface area contributed by atoms with Gasteiger partial charge in [0.25, 0.3) is 11.8 Å². The van der Waals surface area contributed by atoms with Gasteiger partial charge in [0, 0.05) is 0 Å². The maximum atomic E-state index is 12.8. The quantitative estimate of drug-likeness (QED) is 0.566. The van der Waals surface area contributed by atoms with E-state index in [9.17, 15) is 19.5 Å². The van der Waals surface area contributed by atoms with Crippen LogP contribution in [0.2, 0.25) is 0 Å². The molecule has 1 aliphatic heterocycles. The van der Waals surface area contributed by atoms with Crippen LogP contribution in [0.5, 0.6) is 11.5 Å². The Hall–Kier alpha value is -3.75. The van der Waals surface area contributed by atoms with E-state index in [1.54, 1.807) is 24.3 Å². The van der Waals surface area contributed by atoms with E-state index in [1.807, 2.05) is 13.8 Å². The molecule has 0 spiro atoms. The first-order valence-electron chi connectivity index (χ1n) is 9.33. The van der Waals surface area contributed by atoms with Crippen LogP contribution in [0.15, 0.2) is 46.7 Å². The Morgan fingerprint density at radius 1 is 1.17 bits per heavy atom. The van der Waals surface area contributed by atoms with Gasteiger partial charge >= 0.3 is 5.97 Å². The largest absolute Gasteiger partial charge is 0.480 e. The Labute approximate surface area is 172 Å². The summed E-state index contributed by atoms with van der Waals surface area (Å²) in [6.07, 6.45) is 3.00. The minimum absolute atomic E-state index is 0.0105. The van der Waals surface area contributed by atoms with E-state index in [1.165, 1.54) is 18.4 Å². The van der Waals surface area contributed by atoms with Crippen LogP contribution in [0.4, 0.5) is 0 Å². The topological polar surface area (TPSA) is 127 Å². The van der Waals surface area contributed by atoms with Gasteiger partial charge in [0.15, 0.2) is 17.3 Å². The lowest BCUT2D eigenvalue weighted by atomic mass is 10.0. The van der Waals surface area contributed by atoms with Crippen LogP contribution in [0.3, 0.4) is 0 Å².